The molecule has 2 nitrogen and oxygen atoms in total. The van der Waals surface area contributed by atoms with E-state index >= 15 is 0 Å². The summed E-state index contributed by atoms with van der Waals surface area (Å²) in [5.41, 5.74) is 0.964. The van der Waals surface area contributed by atoms with Crippen molar-refractivity contribution in [1.29, 1.82) is 0 Å². The Kier molecular flexibility index (Phi) is 0.283. The molecule has 10 heterocycles. The average molecular weight is 318 g/mol. The number of fused-ring (bicyclic) bond motifs is 10. The Balaban J connectivity index is 1.43. The molecule has 10 saturated heterocycles. The second-order valence-electron chi connectivity index (χ2n) is 11.6. The third-order valence-corrected chi connectivity index (χ3v) is 59.3. The van der Waals surface area contributed by atoms with Crippen LogP contribution < -0.4 is 0 Å². The number of carbonyl (C=O) groups is 2. The van der Waals surface area contributed by atoms with E-state index in [0.29, 0.717) is 5.78 Å². The predicted molar refractivity (Wildman–Crippen MR) is 72.2 cm³/mol. The molecule has 1 aromatic carbocycles. The Morgan fingerprint density at radius 1 is 0.952 bits per heavy atom. The summed E-state index contributed by atoms with van der Waals surface area (Å²) >= 11 is 0. The Bertz CT molecular complexity index is 1320. The first-order valence-electron chi connectivity index (χ1n) is 8.28. The molecule has 3 heteroatoms. The zero-order chi connectivity index (χ0) is 13.3. The van der Waals surface area contributed by atoms with E-state index in [2.05, 4.69) is 0 Å². The van der Waals surface area contributed by atoms with Gasteiger partial charge in [0.2, 0.25) is 0 Å². The monoisotopic (exact) mass is 318 g/mol. The summed E-state index contributed by atoms with van der Waals surface area (Å²) in [6.45, 7) is -3.77. The van der Waals surface area contributed by atoms with Gasteiger partial charge in [0, 0.05) is 0 Å². The second kappa shape index (κ2) is 0.736. The van der Waals surface area contributed by atoms with Crippen molar-refractivity contribution >= 4 is 12.1 Å². The maximum atomic E-state index is 13.6. The van der Waals surface area contributed by atoms with Gasteiger partial charge in [-0.3, -0.25) is 0 Å². The molecule has 0 N–H and O–H groups in total. The van der Waals surface area contributed by atoms with Crippen LogP contribution in [-0.2, 0) is 11.3 Å². The van der Waals surface area contributed by atoms with E-state index in [0.717, 1.165) is 44.1 Å². The minimum atomic E-state index is -3.77. The zero-order valence-electron chi connectivity index (χ0n) is 11.3. The molecule has 10 fully saturated rings. The van der Waals surface area contributed by atoms with Gasteiger partial charge in [-0.2, -0.15) is 0 Å². The summed E-state index contributed by atoms with van der Waals surface area (Å²) in [7, 11) is 0. The molecule has 0 aliphatic carbocycles. The number of ketones is 1. The molecule has 10 aliphatic heterocycles. The summed E-state index contributed by atoms with van der Waals surface area (Å²) in [5.74, 6) is 0.524. The van der Waals surface area contributed by atoms with Gasteiger partial charge in [-0.15, -0.1) is 0 Å². The van der Waals surface area contributed by atoms with E-state index in [1.54, 1.807) is 0 Å². The standard InChI is InChI=1S/C12H9O.C6H5O.Fe/c13-12(11-8-4-5-9-11)10-6-2-1-3-7-10;7-5-6-3-1-2-4-6;/h1-9H;1-5H;. The third-order valence-electron chi connectivity index (χ3n) is 16.5. The molecule has 11 rings (SSSR count). The number of benzene rings is 1. The van der Waals surface area contributed by atoms with Crippen molar-refractivity contribution in [1.82, 2.24) is 0 Å². The molecule has 10 aliphatic rings. The fourth-order valence-electron chi connectivity index (χ4n) is 18.5. The van der Waals surface area contributed by atoms with Gasteiger partial charge >= 0.3 is 111 Å². The van der Waals surface area contributed by atoms with E-state index < -0.39 is 6.51 Å². The van der Waals surface area contributed by atoms with Crippen LogP contribution in [0.15, 0.2) is 30.3 Å². The van der Waals surface area contributed by atoms with Gasteiger partial charge in [0.05, 0.1) is 0 Å². The van der Waals surface area contributed by atoms with Crippen molar-refractivity contribution in [3.8, 4) is 0 Å². The van der Waals surface area contributed by atoms with Gasteiger partial charge in [-0.25, -0.2) is 0 Å². The SMILES string of the molecule is O=C[C]12[CH]3[CH]4[CH]5[CH]1[Fe]45321678[CH]2[CH]1[CH]6[C]7(C(=O)c1ccccc1)[CH]28. The molecule has 1 aromatic rings. The minimum absolute atomic E-state index is 0.149. The van der Waals surface area contributed by atoms with Crippen molar-refractivity contribution in [3.05, 3.63) is 35.9 Å². The molecule has 8 unspecified atom stereocenters. The van der Waals surface area contributed by atoms with Crippen LogP contribution >= 0.6 is 0 Å². The third kappa shape index (κ3) is 0.0919. The fourth-order valence-corrected chi connectivity index (χ4v) is 93.4. The quantitative estimate of drug-likeness (QED) is 0.475. The van der Waals surface area contributed by atoms with E-state index in [1.807, 2.05) is 30.3 Å². The number of hydrogen-bond acceptors (Lipinski definition) is 2. The Morgan fingerprint density at radius 2 is 1.52 bits per heavy atom. The van der Waals surface area contributed by atoms with Gasteiger partial charge in [0.25, 0.3) is 0 Å². The summed E-state index contributed by atoms with van der Waals surface area (Å²) < 4.78 is 0.357. The zero-order valence-corrected chi connectivity index (χ0v) is 12.4. The fraction of sp³-hybridized carbons (Fsp3) is 0.556. The number of carbonyl (C=O) groups excluding carboxylic acids is 2. The van der Waals surface area contributed by atoms with Crippen LogP contribution in [-0.4, -0.2) is 12.1 Å². The van der Waals surface area contributed by atoms with E-state index in [4.69, 9.17) is 0 Å². The van der Waals surface area contributed by atoms with Crippen molar-refractivity contribution < 1.29 is 16.1 Å². The van der Waals surface area contributed by atoms with E-state index in [-0.39, 0.29) is 8.63 Å². The number of rotatable bonds is 3. The van der Waals surface area contributed by atoms with Crippen LogP contribution in [0.25, 0.3) is 0 Å². The first kappa shape index (κ1) is 8.08. The first-order chi connectivity index (χ1) is 10.0. The van der Waals surface area contributed by atoms with Gasteiger partial charge in [0.1, 0.15) is 0 Å². The average Bonchev–Trinajstić information content (AvgIpc) is 3.47. The molecular weight excluding hydrogens is 304 g/mol. The Morgan fingerprint density at radius 3 is 1.95 bits per heavy atom. The topological polar surface area (TPSA) is 34.1 Å². The Hall–Kier alpha value is -0.921. The van der Waals surface area contributed by atoms with Crippen molar-refractivity contribution in [3.63, 3.8) is 0 Å². The summed E-state index contributed by atoms with van der Waals surface area (Å²) in [5, 5.41) is 0. The summed E-state index contributed by atoms with van der Waals surface area (Å²) in [4.78, 5) is 33.2. The molecule has 1 spiro atoms. The first-order valence-corrected chi connectivity index (χ1v) is 14.5. The van der Waals surface area contributed by atoms with Crippen molar-refractivity contribution in [2.75, 3.05) is 0 Å². The molecule has 0 saturated carbocycles. The molecule has 0 radical (unpaired) electrons. The molecule has 8 atom stereocenters. The van der Waals surface area contributed by atoms with Crippen LogP contribution in [0.5, 0.6) is 0 Å². The molecular formula is C18H14FeO2. The van der Waals surface area contributed by atoms with Crippen molar-refractivity contribution in [2.45, 2.75) is 47.2 Å². The van der Waals surface area contributed by atoms with Crippen molar-refractivity contribution in [2.24, 2.45) is 0 Å². The molecule has 21 heavy (non-hydrogen) atoms. The summed E-state index contributed by atoms with van der Waals surface area (Å²) in [6.07, 6.45) is 1.46. The van der Waals surface area contributed by atoms with Crippen LogP contribution in [0.4, 0.5) is 0 Å². The number of hydrogen-bond donors (Lipinski definition) is 0. The molecule has 0 bridgehead atoms. The van der Waals surface area contributed by atoms with Crippen LogP contribution in [0.1, 0.15) is 10.4 Å². The van der Waals surface area contributed by atoms with Gasteiger partial charge in [-0.1, -0.05) is 0 Å². The number of Topliss-reactive ketones (excluding diaryl/α,β-unsaturated/α-hetero) is 1. The van der Waals surface area contributed by atoms with Crippen LogP contribution in [0.2, 0.25) is 47.2 Å². The Labute approximate surface area is 111 Å². The van der Waals surface area contributed by atoms with Crippen LogP contribution in [0.3, 0.4) is 0 Å². The van der Waals surface area contributed by atoms with E-state index in [9.17, 15) is 9.59 Å². The molecule has 0 amide bonds. The predicted octanol–water partition coefficient (Wildman–Crippen LogP) is 4.20. The normalized spacial score (nSPS) is 102. The molecule has 0 aromatic heterocycles. The number of aldehydes is 1. The van der Waals surface area contributed by atoms with Crippen LogP contribution in [0, 0.1) is 0 Å². The second-order valence-corrected chi connectivity index (χ2v) is 34.9. The van der Waals surface area contributed by atoms with Gasteiger partial charge in [-0.05, 0) is 0 Å². The van der Waals surface area contributed by atoms with E-state index in [1.165, 1.54) is 6.29 Å². The maximum absolute atomic E-state index is 13.6. The summed E-state index contributed by atoms with van der Waals surface area (Å²) in [6, 6.07) is 10.1. The van der Waals surface area contributed by atoms with Gasteiger partial charge in [0.15, 0.2) is 0 Å². The molecule has 106 valence electrons. The van der Waals surface area contributed by atoms with Gasteiger partial charge < -0.3 is 0 Å².